The van der Waals surface area contributed by atoms with Crippen molar-refractivity contribution in [2.75, 3.05) is 22.6 Å². The van der Waals surface area contributed by atoms with Crippen LogP contribution >= 0.6 is 12.2 Å². The molecule has 0 bridgehead atoms. The van der Waals surface area contributed by atoms with E-state index >= 15 is 0 Å². The molecule has 4 aromatic rings. The summed E-state index contributed by atoms with van der Waals surface area (Å²) in [7, 11) is 0. The van der Waals surface area contributed by atoms with Crippen molar-refractivity contribution in [1.29, 1.82) is 0 Å². The van der Waals surface area contributed by atoms with E-state index in [1.54, 1.807) is 30.3 Å². The molecule has 2 amide bonds. The Morgan fingerprint density at radius 2 is 1.41 bits per heavy atom. The number of amides is 2. The monoisotopic (exact) mass is 536 g/mol. The van der Waals surface area contributed by atoms with Crippen molar-refractivity contribution in [3.05, 3.63) is 120 Å². The summed E-state index contributed by atoms with van der Waals surface area (Å²) in [5.41, 5.74) is 4.22. The number of benzene rings is 4. The van der Waals surface area contributed by atoms with Gasteiger partial charge in [-0.15, -0.1) is 0 Å². The van der Waals surface area contributed by atoms with Crippen molar-refractivity contribution in [3.8, 4) is 5.75 Å². The SMILES string of the molecule is CCOc1ccc(/C=C/C(=O)NC(=S)Nc2ccccc2C(=O)Nc2ccc(Nc3ccccc3)cc2)cc1. The fourth-order valence-corrected chi connectivity index (χ4v) is 3.85. The summed E-state index contributed by atoms with van der Waals surface area (Å²) < 4.78 is 5.42. The number of nitrogens with one attached hydrogen (secondary N) is 4. The molecular weight excluding hydrogens is 508 g/mol. The number of para-hydroxylation sites is 2. The Morgan fingerprint density at radius 1 is 0.769 bits per heavy atom. The van der Waals surface area contributed by atoms with Gasteiger partial charge in [0.15, 0.2) is 5.11 Å². The first-order chi connectivity index (χ1) is 19.0. The predicted octanol–water partition coefficient (Wildman–Crippen LogP) is 6.61. The molecular formula is C31H28N4O3S. The quantitative estimate of drug-likeness (QED) is 0.142. The third-order valence-electron chi connectivity index (χ3n) is 5.48. The molecule has 0 radical (unpaired) electrons. The molecule has 7 nitrogen and oxygen atoms in total. The van der Waals surface area contributed by atoms with Gasteiger partial charge >= 0.3 is 0 Å². The Balaban J connectivity index is 1.32. The third kappa shape index (κ3) is 8.28. The zero-order valence-corrected chi connectivity index (χ0v) is 22.1. The summed E-state index contributed by atoms with van der Waals surface area (Å²) in [4.78, 5) is 25.4. The normalized spacial score (nSPS) is 10.5. The second kappa shape index (κ2) is 13.6. The molecule has 0 heterocycles. The van der Waals surface area contributed by atoms with Gasteiger partial charge in [0, 0.05) is 23.1 Å². The summed E-state index contributed by atoms with van der Waals surface area (Å²) >= 11 is 5.30. The molecule has 0 aliphatic rings. The highest BCUT2D eigenvalue weighted by atomic mass is 32.1. The third-order valence-corrected chi connectivity index (χ3v) is 5.68. The number of ether oxygens (including phenoxy) is 1. The van der Waals surface area contributed by atoms with Gasteiger partial charge in [0.1, 0.15) is 5.75 Å². The zero-order valence-electron chi connectivity index (χ0n) is 21.3. The van der Waals surface area contributed by atoms with Crippen LogP contribution in [-0.4, -0.2) is 23.5 Å². The highest BCUT2D eigenvalue weighted by molar-refractivity contribution is 7.80. The number of hydrogen-bond donors (Lipinski definition) is 4. The Kier molecular flexibility index (Phi) is 9.42. The number of carbonyl (C=O) groups is 2. The highest BCUT2D eigenvalue weighted by Crippen LogP contribution is 2.21. The standard InChI is InChI=1S/C31H28N4O3S/c1-2-38-26-19-12-22(13-20-26)14-21-29(36)35-31(39)34-28-11-7-6-10-27(28)30(37)33-25-17-15-24(16-18-25)32-23-8-4-3-5-9-23/h3-21,32H,2H2,1H3,(H,33,37)(H2,34,35,36,39)/b21-14+. The molecule has 0 aliphatic carbocycles. The van der Waals surface area contributed by atoms with Crippen molar-refractivity contribution in [1.82, 2.24) is 5.32 Å². The van der Waals surface area contributed by atoms with Crippen LogP contribution in [0.1, 0.15) is 22.8 Å². The largest absolute Gasteiger partial charge is 0.494 e. The van der Waals surface area contributed by atoms with Crippen LogP contribution in [0.4, 0.5) is 22.7 Å². The number of thiocarbonyl (C=S) groups is 1. The van der Waals surface area contributed by atoms with E-state index in [1.807, 2.05) is 85.8 Å². The minimum atomic E-state index is -0.396. The first-order valence-corrected chi connectivity index (χ1v) is 12.8. The van der Waals surface area contributed by atoms with E-state index < -0.39 is 5.91 Å². The van der Waals surface area contributed by atoms with E-state index in [2.05, 4.69) is 21.3 Å². The summed E-state index contributed by atoms with van der Waals surface area (Å²) in [5, 5.41) is 11.8. The van der Waals surface area contributed by atoms with Gasteiger partial charge < -0.3 is 20.7 Å². The Bertz CT molecular complexity index is 1450. The molecule has 8 heteroatoms. The second-order valence-electron chi connectivity index (χ2n) is 8.35. The molecule has 4 aromatic carbocycles. The first kappa shape index (κ1) is 27.1. The number of carbonyl (C=O) groups excluding carboxylic acids is 2. The summed E-state index contributed by atoms with van der Waals surface area (Å²) in [5.74, 6) is 0.0585. The molecule has 0 saturated carbocycles. The Labute approximate surface area is 232 Å². The van der Waals surface area contributed by atoms with Crippen LogP contribution < -0.4 is 26.0 Å². The van der Waals surface area contributed by atoms with Gasteiger partial charge in [0.2, 0.25) is 5.91 Å². The second-order valence-corrected chi connectivity index (χ2v) is 8.76. The molecule has 0 unspecified atom stereocenters. The molecule has 39 heavy (non-hydrogen) atoms. The zero-order chi connectivity index (χ0) is 27.5. The van der Waals surface area contributed by atoms with Crippen LogP contribution in [-0.2, 0) is 4.79 Å². The lowest BCUT2D eigenvalue weighted by Crippen LogP contribution is -2.33. The predicted molar refractivity (Wildman–Crippen MR) is 162 cm³/mol. The van der Waals surface area contributed by atoms with Crippen LogP contribution in [0.3, 0.4) is 0 Å². The van der Waals surface area contributed by atoms with Gasteiger partial charge in [-0.25, -0.2) is 0 Å². The minimum absolute atomic E-state index is 0.0768. The van der Waals surface area contributed by atoms with Gasteiger partial charge in [-0.1, -0.05) is 42.5 Å². The average molecular weight is 537 g/mol. The fraction of sp³-hybridized carbons (Fsp3) is 0.0645. The number of rotatable bonds is 9. The van der Waals surface area contributed by atoms with E-state index in [4.69, 9.17) is 17.0 Å². The molecule has 0 atom stereocenters. The molecule has 4 rings (SSSR count). The lowest BCUT2D eigenvalue weighted by molar-refractivity contribution is -0.115. The number of anilines is 4. The summed E-state index contributed by atoms with van der Waals surface area (Å²) in [6, 6.07) is 31.6. The topological polar surface area (TPSA) is 91.5 Å². The van der Waals surface area contributed by atoms with Gasteiger partial charge in [-0.2, -0.15) is 0 Å². The van der Waals surface area contributed by atoms with Crippen LogP contribution in [0.25, 0.3) is 6.08 Å². The molecule has 0 spiro atoms. The molecule has 196 valence electrons. The minimum Gasteiger partial charge on any atom is -0.494 e. The smallest absolute Gasteiger partial charge is 0.257 e. The molecule has 4 N–H and O–H groups in total. The lowest BCUT2D eigenvalue weighted by atomic mass is 10.1. The van der Waals surface area contributed by atoms with Gasteiger partial charge in [0.25, 0.3) is 5.91 Å². The number of hydrogen-bond acceptors (Lipinski definition) is 5. The van der Waals surface area contributed by atoms with Crippen LogP contribution in [0.2, 0.25) is 0 Å². The fourth-order valence-electron chi connectivity index (χ4n) is 3.63. The Morgan fingerprint density at radius 3 is 2.13 bits per heavy atom. The van der Waals surface area contributed by atoms with E-state index in [1.165, 1.54) is 6.08 Å². The maximum Gasteiger partial charge on any atom is 0.257 e. The molecule has 0 fully saturated rings. The Hall–Kier alpha value is -4.95. The van der Waals surface area contributed by atoms with Crippen LogP contribution in [0.5, 0.6) is 5.75 Å². The maximum absolute atomic E-state index is 13.0. The van der Waals surface area contributed by atoms with Crippen molar-refractivity contribution in [3.63, 3.8) is 0 Å². The van der Waals surface area contributed by atoms with Crippen LogP contribution in [0.15, 0.2) is 109 Å². The summed E-state index contributed by atoms with van der Waals surface area (Å²) in [6.07, 6.45) is 3.06. The van der Waals surface area contributed by atoms with E-state index in [9.17, 15) is 9.59 Å². The molecule has 0 aromatic heterocycles. The van der Waals surface area contributed by atoms with E-state index in [0.29, 0.717) is 23.5 Å². The van der Waals surface area contributed by atoms with E-state index in [-0.39, 0.29) is 11.0 Å². The van der Waals surface area contributed by atoms with Crippen LogP contribution in [0, 0.1) is 0 Å². The van der Waals surface area contributed by atoms with Gasteiger partial charge in [-0.05, 0) is 91.4 Å². The summed E-state index contributed by atoms with van der Waals surface area (Å²) in [6.45, 7) is 2.51. The highest BCUT2D eigenvalue weighted by Gasteiger charge is 2.13. The van der Waals surface area contributed by atoms with Gasteiger partial charge in [-0.3, -0.25) is 14.9 Å². The maximum atomic E-state index is 13.0. The van der Waals surface area contributed by atoms with E-state index in [0.717, 1.165) is 22.7 Å². The lowest BCUT2D eigenvalue weighted by Gasteiger charge is -2.13. The van der Waals surface area contributed by atoms with Crippen molar-refractivity contribution in [2.45, 2.75) is 6.92 Å². The van der Waals surface area contributed by atoms with Crippen molar-refractivity contribution in [2.24, 2.45) is 0 Å². The molecule has 0 aliphatic heterocycles. The first-order valence-electron chi connectivity index (χ1n) is 12.4. The average Bonchev–Trinajstić information content (AvgIpc) is 2.95. The van der Waals surface area contributed by atoms with Crippen molar-refractivity contribution < 1.29 is 14.3 Å². The van der Waals surface area contributed by atoms with Gasteiger partial charge in [0.05, 0.1) is 17.9 Å². The molecule has 0 saturated heterocycles. The van der Waals surface area contributed by atoms with Crippen molar-refractivity contribution >= 4 is 58.0 Å².